The molecule has 1 heterocycles. The van der Waals surface area contributed by atoms with Crippen molar-refractivity contribution in [2.45, 2.75) is 45.2 Å². The maximum absolute atomic E-state index is 11.3. The van der Waals surface area contributed by atoms with Crippen LogP contribution in [0.4, 0.5) is 0 Å². The van der Waals surface area contributed by atoms with Gasteiger partial charge in [0.05, 0.1) is 0 Å². The molecule has 1 fully saturated rings. The lowest BCUT2D eigenvalue weighted by Crippen LogP contribution is -2.46. The number of piperidine rings is 1. The Morgan fingerprint density at radius 1 is 1.53 bits per heavy atom. The zero-order valence-electron chi connectivity index (χ0n) is 9.83. The number of nitrogens with zero attached hydrogens (tertiary/aromatic N) is 1. The summed E-state index contributed by atoms with van der Waals surface area (Å²) >= 11 is 0. The predicted octanol–water partition coefficient (Wildman–Crippen LogP) is 1.55. The Morgan fingerprint density at radius 3 is 2.60 bits per heavy atom. The first kappa shape index (κ1) is 12.2. The summed E-state index contributed by atoms with van der Waals surface area (Å²) in [5.74, 6) is 0.105. The fourth-order valence-electron chi connectivity index (χ4n) is 1.98. The van der Waals surface area contributed by atoms with Crippen molar-refractivity contribution < 1.29 is 4.79 Å². The molecule has 0 unspecified atom stereocenters. The van der Waals surface area contributed by atoms with Crippen LogP contribution in [0.5, 0.6) is 0 Å². The molecule has 1 rings (SSSR count). The number of hydrogen-bond acceptors (Lipinski definition) is 2. The van der Waals surface area contributed by atoms with Crippen LogP contribution in [0, 0.1) is 0 Å². The third kappa shape index (κ3) is 4.04. The number of nitrogens with one attached hydrogen (secondary N) is 1. The molecule has 3 nitrogen and oxygen atoms in total. The number of amides is 1. The van der Waals surface area contributed by atoms with Gasteiger partial charge in [-0.2, -0.15) is 0 Å². The molecule has 0 aromatic carbocycles. The van der Waals surface area contributed by atoms with E-state index in [-0.39, 0.29) is 5.91 Å². The summed E-state index contributed by atoms with van der Waals surface area (Å²) in [4.78, 5) is 13.8. The molecule has 86 valence electrons. The average Bonchev–Trinajstić information content (AvgIpc) is 2.18. The van der Waals surface area contributed by atoms with Crippen LogP contribution in [0.15, 0.2) is 12.7 Å². The smallest absolute Gasteiger partial charge is 0.224 e. The monoisotopic (exact) mass is 210 g/mol. The lowest BCUT2D eigenvalue weighted by Gasteiger charge is -2.34. The maximum Gasteiger partial charge on any atom is 0.224 e. The van der Waals surface area contributed by atoms with Crippen LogP contribution in [0.1, 0.15) is 33.1 Å². The number of carbonyl (C=O) groups is 1. The molecule has 0 spiro atoms. The van der Waals surface area contributed by atoms with Gasteiger partial charge in [-0.15, -0.1) is 6.58 Å². The molecule has 1 N–H and O–H groups in total. The molecule has 0 aromatic heterocycles. The minimum atomic E-state index is 0.105. The van der Waals surface area contributed by atoms with Gasteiger partial charge in [0, 0.05) is 31.6 Å². The molecule has 3 heteroatoms. The topological polar surface area (TPSA) is 32.3 Å². The van der Waals surface area contributed by atoms with Gasteiger partial charge in [0.15, 0.2) is 0 Å². The van der Waals surface area contributed by atoms with E-state index in [0.717, 1.165) is 25.9 Å². The fraction of sp³-hybridized carbons (Fsp3) is 0.750. The van der Waals surface area contributed by atoms with E-state index in [1.54, 1.807) is 6.08 Å². The fourth-order valence-corrected chi connectivity index (χ4v) is 1.98. The first-order valence-corrected chi connectivity index (χ1v) is 5.77. The van der Waals surface area contributed by atoms with Crippen LogP contribution in [-0.2, 0) is 4.79 Å². The second kappa shape index (κ2) is 5.91. The van der Waals surface area contributed by atoms with Crippen LogP contribution < -0.4 is 5.32 Å². The second-order valence-corrected chi connectivity index (χ2v) is 4.46. The van der Waals surface area contributed by atoms with Gasteiger partial charge >= 0.3 is 0 Å². The van der Waals surface area contributed by atoms with Crippen LogP contribution in [0.3, 0.4) is 0 Å². The minimum absolute atomic E-state index is 0.105. The average molecular weight is 210 g/mol. The Bertz CT molecular complexity index is 218. The van der Waals surface area contributed by atoms with Crippen molar-refractivity contribution in [2.24, 2.45) is 0 Å². The number of likely N-dealkylation sites (tertiary alicyclic amines) is 1. The molecule has 0 radical (unpaired) electrons. The van der Waals surface area contributed by atoms with Gasteiger partial charge < -0.3 is 10.2 Å². The van der Waals surface area contributed by atoms with E-state index >= 15 is 0 Å². The zero-order valence-corrected chi connectivity index (χ0v) is 9.83. The third-order valence-corrected chi connectivity index (χ3v) is 2.95. The van der Waals surface area contributed by atoms with E-state index in [9.17, 15) is 4.79 Å². The van der Waals surface area contributed by atoms with E-state index in [1.807, 2.05) is 0 Å². The highest BCUT2D eigenvalue weighted by molar-refractivity contribution is 5.77. The molecule has 0 saturated carbocycles. The SMILES string of the molecule is C=CCC(=O)NC1CCN(C(C)C)CC1. The molecule has 0 bridgehead atoms. The van der Waals surface area contributed by atoms with Crippen molar-refractivity contribution in [3.05, 3.63) is 12.7 Å². The molecule has 0 aliphatic carbocycles. The molecule has 1 aliphatic heterocycles. The van der Waals surface area contributed by atoms with Crippen LogP contribution >= 0.6 is 0 Å². The van der Waals surface area contributed by atoms with Crippen molar-refractivity contribution >= 4 is 5.91 Å². The molecule has 1 aliphatic rings. The largest absolute Gasteiger partial charge is 0.353 e. The van der Waals surface area contributed by atoms with Crippen LogP contribution in [-0.4, -0.2) is 36.0 Å². The zero-order chi connectivity index (χ0) is 11.3. The Morgan fingerprint density at radius 2 is 2.13 bits per heavy atom. The molecule has 0 atom stereocenters. The van der Waals surface area contributed by atoms with Crippen LogP contribution in [0.2, 0.25) is 0 Å². The second-order valence-electron chi connectivity index (χ2n) is 4.46. The lowest BCUT2D eigenvalue weighted by atomic mass is 10.0. The van der Waals surface area contributed by atoms with Gasteiger partial charge in [0.2, 0.25) is 5.91 Å². The van der Waals surface area contributed by atoms with Gasteiger partial charge in [-0.25, -0.2) is 0 Å². The van der Waals surface area contributed by atoms with Gasteiger partial charge in [-0.05, 0) is 26.7 Å². The highest BCUT2D eigenvalue weighted by atomic mass is 16.1. The molecular weight excluding hydrogens is 188 g/mol. The Balaban J connectivity index is 2.25. The summed E-state index contributed by atoms with van der Waals surface area (Å²) in [7, 11) is 0. The van der Waals surface area contributed by atoms with Gasteiger partial charge in [0.1, 0.15) is 0 Å². The Hall–Kier alpha value is -0.830. The summed E-state index contributed by atoms with van der Waals surface area (Å²) in [5.41, 5.74) is 0. The van der Waals surface area contributed by atoms with Gasteiger partial charge in [-0.1, -0.05) is 6.08 Å². The normalized spacial score (nSPS) is 19.1. The lowest BCUT2D eigenvalue weighted by molar-refractivity contribution is -0.121. The van der Waals surface area contributed by atoms with E-state index in [2.05, 4.69) is 30.6 Å². The Labute approximate surface area is 92.5 Å². The summed E-state index contributed by atoms with van der Waals surface area (Å²) in [5, 5.41) is 3.04. The molecular formula is C12H22N2O. The molecule has 1 amide bonds. The highest BCUT2D eigenvalue weighted by Gasteiger charge is 2.21. The number of rotatable bonds is 4. The number of carbonyl (C=O) groups excluding carboxylic acids is 1. The summed E-state index contributed by atoms with van der Waals surface area (Å²) in [6.07, 6.45) is 4.23. The standard InChI is InChI=1S/C12H22N2O/c1-4-5-12(15)13-11-6-8-14(9-7-11)10(2)3/h4,10-11H,1,5-9H2,2-3H3,(H,13,15). The molecule has 0 aromatic rings. The van der Waals surface area contributed by atoms with Gasteiger partial charge in [0.25, 0.3) is 0 Å². The predicted molar refractivity (Wildman–Crippen MR) is 62.7 cm³/mol. The summed E-state index contributed by atoms with van der Waals surface area (Å²) < 4.78 is 0. The van der Waals surface area contributed by atoms with Crippen molar-refractivity contribution in [1.82, 2.24) is 10.2 Å². The van der Waals surface area contributed by atoms with E-state index in [0.29, 0.717) is 18.5 Å². The first-order valence-electron chi connectivity index (χ1n) is 5.77. The van der Waals surface area contributed by atoms with E-state index in [4.69, 9.17) is 0 Å². The van der Waals surface area contributed by atoms with Crippen molar-refractivity contribution in [2.75, 3.05) is 13.1 Å². The molecule has 15 heavy (non-hydrogen) atoms. The van der Waals surface area contributed by atoms with E-state index in [1.165, 1.54) is 0 Å². The Kier molecular flexibility index (Phi) is 4.82. The van der Waals surface area contributed by atoms with Crippen molar-refractivity contribution in [3.63, 3.8) is 0 Å². The number of hydrogen-bond donors (Lipinski definition) is 1. The maximum atomic E-state index is 11.3. The quantitative estimate of drug-likeness (QED) is 0.714. The first-order chi connectivity index (χ1) is 7.13. The highest BCUT2D eigenvalue weighted by Crippen LogP contribution is 2.12. The minimum Gasteiger partial charge on any atom is -0.353 e. The third-order valence-electron chi connectivity index (χ3n) is 2.95. The van der Waals surface area contributed by atoms with Gasteiger partial charge in [-0.3, -0.25) is 4.79 Å². The molecule has 1 saturated heterocycles. The van der Waals surface area contributed by atoms with Crippen molar-refractivity contribution in [3.8, 4) is 0 Å². The summed E-state index contributed by atoms with van der Waals surface area (Å²) in [6.45, 7) is 10.2. The van der Waals surface area contributed by atoms with Crippen LogP contribution in [0.25, 0.3) is 0 Å². The van der Waals surface area contributed by atoms with Crippen molar-refractivity contribution in [1.29, 1.82) is 0 Å². The van der Waals surface area contributed by atoms with E-state index < -0.39 is 0 Å². The summed E-state index contributed by atoms with van der Waals surface area (Å²) in [6, 6.07) is 0.988.